The summed E-state index contributed by atoms with van der Waals surface area (Å²) in [4.78, 5) is 8.90. The van der Waals surface area contributed by atoms with Gasteiger partial charge in [-0.05, 0) is 38.7 Å². The van der Waals surface area contributed by atoms with Crippen LogP contribution in [-0.4, -0.2) is 35.1 Å². The van der Waals surface area contributed by atoms with E-state index in [9.17, 15) is 0 Å². The lowest BCUT2D eigenvalue weighted by Gasteiger charge is -2.11. The number of hydrogen-bond acceptors (Lipinski definition) is 2. The average Bonchev–Trinajstić information content (AvgIpc) is 3.00. The van der Waals surface area contributed by atoms with E-state index in [1.807, 2.05) is 25.4 Å². The first-order valence-corrected chi connectivity index (χ1v) is 8.83. The number of imidazole rings is 1. The lowest BCUT2D eigenvalue weighted by Crippen LogP contribution is -2.38. The molecule has 0 saturated heterocycles. The van der Waals surface area contributed by atoms with E-state index in [4.69, 9.17) is 0 Å². The van der Waals surface area contributed by atoms with Crippen molar-refractivity contribution in [1.82, 2.24) is 20.2 Å². The normalized spacial score (nSPS) is 11.5. The molecule has 0 atom stereocenters. The minimum absolute atomic E-state index is 0.842. The quantitative estimate of drug-likeness (QED) is 0.423. The Morgan fingerprint density at radius 2 is 2.00 bits per heavy atom. The van der Waals surface area contributed by atoms with E-state index in [2.05, 4.69) is 56.4 Å². The summed E-state index contributed by atoms with van der Waals surface area (Å²) in [5.41, 5.74) is 1.34. The van der Waals surface area contributed by atoms with Gasteiger partial charge >= 0.3 is 0 Å². The third kappa shape index (κ3) is 6.44. The van der Waals surface area contributed by atoms with Gasteiger partial charge in [0, 0.05) is 38.6 Å². The van der Waals surface area contributed by atoms with Crippen LogP contribution in [-0.2, 0) is 13.0 Å². The zero-order valence-corrected chi connectivity index (χ0v) is 14.8. The molecule has 5 heteroatoms. The van der Waals surface area contributed by atoms with Gasteiger partial charge in [-0.15, -0.1) is 0 Å². The molecule has 0 spiro atoms. The van der Waals surface area contributed by atoms with Gasteiger partial charge in [-0.25, -0.2) is 4.98 Å². The Hall–Kier alpha value is -2.30. The number of guanidine groups is 1. The second-order valence-electron chi connectivity index (χ2n) is 5.80. The van der Waals surface area contributed by atoms with Crippen molar-refractivity contribution in [2.24, 2.45) is 4.99 Å². The van der Waals surface area contributed by atoms with E-state index in [0.717, 1.165) is 57.2 Å². The number of nitrogens with zero attached hydrogens (tertiary/aromatic N) is 3. The standard InChI is InChI=1S/C19H29N5/c1-3-20-19(23-13-11-18-9-5-4-6-10-18)22-12-7-8-15-24-16-14-21-17(24)2/h4-6,9-10,14,16H,3,7-8,11-13,15H2,1-2H3,(H2,20,22,23). The second-order valence-corrected chi connectivity index (χ2v) is 5.80. The molecule has 1 aromatic carbocycles. The Balaban J connectivity index is 1.67. The minimum atomic E-state index is 0.842. The molecule has 0 aliphatic rings. The summed E-state index contributed by atoms with van der Waals surface area (Å²) in [7, 11) is 0. The zero-order chi connectivity index (χ0) is 17.0. The van der Waals surface area contributed by atoms with E-state index in [0.29, 0.717) is 0 Å². The highest BCUT2D eigenvalue weighted by Gasteiger charge is 1.99. The molecule has 5 nitrogen and oxygen atoms in total. The van der Waals surface area contributed by atoms with E-state index in [1.165, 1.54) is 5.56 Å². The van der Waals surface area contributed by atoms with Gasteiger partial charge in [0.15, 0.2) is 5.96 Å². The Bertz CT molecular complexity index is 603. The number of nitrogens with one attached hydrogen (secondary N) is 2. The number of aliphatic imine (C=N–C) groups is 1. The molecule has 1 heterocycles. The molecule has 0 amide bonds. The molecule has 0 fully saturated rings. The van der Waals surface area contributed by atoms with Gasteiger partial charge in [0.25, 0.3) is 0 Å². The lowest BCUT2D eigenvalue weighted by molar-refractivity contribution is 0.600. The summed E-state index contributed by atoms with van der Waals surface area (Å²) in [5, 5.41) is 6.71. The predicted molar refractivity (Wildman–Crippen MR) is 100 cm³/mol. The third-order valence-corrected chi connectivity index (χ3v) is 3.89. The maximum atomic E-state index is 4.66. The van der Waals surface area contributed by atoms with Gasteiger partial charge in [-0.3, -0.25) is 4.99 Å². The Morgan fingerprint density at radius 3 is 2.71 bits per heavy atom. The zero-order valence-electron chi connectivity index (χ0n) is 14.8. The monoisotopic (exact) mass is 327 g/mol. The van der Waals surface area contributed by atoms with Crippen LogP contribution in [0.25, 0.3) is 0 Å². The van der Waals surface area contributed by atoms with Crippen LogP contribution in [0.4, 0.5) is 0 Å². The maximum absolute atomic E-state index is 4.66. The fourth-order valence-electron chi connectivity index (χ4n) is 2.54. The van der Waals surface area contributed by atoms with Gasteiger partial charge in [-0.2, -0.15) is 0 Å². The van der Waals surface area contributed by atoms with Gasteiger partial charge in [0.2, 0.25) is 0 Å². The molecular formula is C19H29N5. The van der Waals surface area contributed by atoms with Crippen LogP contribution < -0.4 is 10.6 Å². The van der Waals surface area contributed by atoms with Gasteiger partial charge < -0.3 is 15.2 Å². The maximum Gasteiger partial charge on any atom is 0.191 e. The van der Waals surface area contributed by atoms with Crippen molar-refractivity contribution in [3.63, 3.8) is 0 Å². The molecular weight excluding hydrogens is 298 g/mol. The van der Waals surface area contributed by atoms with Crippen molar-refractivity contribution in [3.8, 4) is 0 Å². The molecule has 2 N–H and O–H groups in total. The van der Waals surface area contributed by atoms with Crippen molar-refractivity contribution in [1.29, 1.82) is 0 Å². The SMILES string of the molecule is CCNC(=NCCCCn1ccnc1C)NCCc1ccccc1. The number of benzene rings is 1. The molecule has 1 aromatic heterocycles. The number of aryl methyl sites for hydroxylation is 2. The summed E-state index contributed by atoms with van der Waals surface area (Å²) >= 11 is 0. The predicted octanol–water partition coefficient (Wildman–Crippen LogP) is 2.77. The fraction of sp³-hybridized carbons (Fsp3) is 0.474. The first-order chi connectivity index (χ1) is 11.8. The molecule has 130 valence electrons. The first-order valence-electron chi connectivity index (χ1n) is 8.83. The highest BCUT2D eigenvalue weighted by Crippen LogP contribution is 2.00. The second kappa shape index (κ2) is 10.5. The third-order valence-electron chi connectivity index (χ3n) is 3.89. The van der Waals surface area contributed by atoms with Gasteiger partial charge in [-0.1, -0.05) is 30.3 Å². The van der Waals surface area contributed by atoms with Gasteiger partial charge in [0.05, 0.1) is 0 Å². The molecule has 2 rings (SSSR count). The summed E-state index contributed by atoms with van der Waals surface area (Å²) in [6.45, 7) is 7.76. The van der Waals surface area contributed by atoms with Gasteiger partial charge in [0.1, 0.15) is 5.82 Å². The van der Waals surface area contributed by atoms with Crippen LogP contribution >= 0.6 is 0 Å². The number of rotatable bonds is 9. The van der Waals surface area contributed by atoms with Crippen LogP contribution in [0.15, 0.2) is 47.7 Å². The molecule has 0 bridgehead atoms. The molecule has 0 unspecified atom stereocenters. The Labute approximate surface area is 145 Å². The molecule has 0 aliphatic carbocycles. The number of unbranched alkanes of at least 4 members (excludes halogenated alkanes) is 1. The Morgan fingerprint density at radius 1 is 1.17 bits per heavy atom. The summed E-state index contributed by atoms with van der Waals surface area (Å²) in [6, 6.07) is 10.5. The number of aromatic nitrogens is 2. The van der Waals surface area contributed by atoms with Crippen LogP contribution in [0, 0.1) is 6.92 Å². The smallest absolute Gasteiger partial charge is 0.191 e. The molecule has 24 heavy (non-hydrogen) atoms. The number of hydrogen-bond donors (Lipinski definition) is 2. The van der Waals surface area contributed by atoms with E-state index < -0.39 is 0 Å². The van der Waals surface area contributed by atoms with Crippen molar-refractivity contribution < 1.29 is 0 Å². The van der Waals surface area contributed by atoms with E-state index >= 15 is 0 Å². The molecule has 0 saturated carbocycles. The molecule has 0 radical (unpaired) electrons. The minimum Gasteiger partial charge on any atom is -0.357 e. The molecule has 0 aliphatic heterocycles. The topological polar surface area (TPSA) is 54.2 Å². The lowest BCUT2D eigenvalue weighted by atomic mass is 10.1. The summed E-state index contributed by atoms with van der Waals surface area (Å²) in [6.07, 6.45) is 7.09. The average molecular weight is 327 g/mol. The summed E-state index contributed by atoms with van der Waals surface area (Å²) < 4.78 is 2.19. The summed E-state index contributed by atoms with van der Waals surface area (Å²) in [5.74, 6) is 1.99. The molecule has 2 aromatic rings. The van der Waals surface area contributed by atoms with Crippen molar-refractivity contribution >= 4 is 5.96 Å². The largest absolute Gasteiger partial charge is 0.357 e. The van der Waals surface area contributed by atoms with Crippen LogP contribution in [0.3, 0.4) is 0 Å². The van der Waals surface area contributed by atoms with E-state index in [-0.39, 0.29) is 0 Å². The van der Waals surface area contributed by atoms with Crippen LogP contribution in [0.2, 0.25) is 0 Å². The Kier molecular flexibility index (Phi) is 7.87. The van der Waals surface area contributed by atoms with E-state index in [1.54, 1.807) is 0 Å². The first kappa shape index (κ1) is 18.0. The van der Waals surface area contributed by atoms with Crippen LogP contribution in [0.1, 0.15) is 31.2 Å². The van der Waals surface area contributed by atoms with Crippen molar-refractivity contribution in [3.05, 3.63) is 54.1 Å². The highest BCUT2D eigenvalue weighted by molar-refractivity contribution is 5.79. The van der Waals surface area contributed by atoms with Crippen molar-refractivity contribution in [2.45, 2.75) is 39.7 Å². The van der Waals surface area contributed by atoms with Crippen molar-refractivity contribution in [2.75, 3.05) is 19.6 Å². The van der Waals surface area contributed by atoms with Crippen LogP contribution in [0.5, 0.6) is 0 Å². The highest BCUT2D eigenvalue weighted by atomic mass is 15.2. The fourth-order valence-corrected chi connectivity index (χ4v) is 2.54.